The van der Waals surface area contributed by atoms with Crippen molar-refractivity contribution in [2.24, 2.45) is 0 Å². The van der Waals surface area contributed by atoms with E-state index in [1.165, 1.54) is 0 Å². The maximum absolute atomic E-state index is 12.1. The minimum absolute atomic E-state index is 0.0898. The van der Waals surface area contributed by atoms with Crippen LogP contribution in [-0.2, 0) is 44.5 Å². The number of benzene rings is 1. The van der Waals surface area contributed by atoms with Gasteiger partial charge in [-0.05, 0) is 33.3 Å². The molecular weight excluding hydrogens is 588 g/mol. The highest BCUT2D eigenvalue weighted by Gasteiger charge is 2.15. The first-order valence-corrected chi connectivity index (χ1v) is 15.1. The number of nitrogens with one attached hydrogen (secondary N) is 2. The zero-order valence-electron chi connectivity index (χ0n) is 26.9. The summed E-state index contributed by atoms with van der Waals surface area (Å²) in [6.07, 6.45) is -0.191. The second-order valence-electron chi connectivity index (χ2n) is 10.6. The van der Waals surface area contributed by atoms with Crippen LogP contribution in [0, 0.1) is 6.92 Å². The Bertz CT molecular complexity index is 1070. The highest BCUT2D eigenvalue weighted by atomic mass is 16.6. The minimum Gasteiger partial charge on any atom is -0.444 e. The van der Waals surface area contributed by atoms with Crippen molar-refractivity contribution in [3.63, 3.8) is 0 Å². The Balaban J connectivity index is 1.28. The fourth-order valence-electron chi connectivity index (χ4n) is 3.36. The van der Waals surface area contributed by atoms with Gasteiger partial charge in [-0.1, -0.05) is 24.3 Å². The third kappa shape index (κ3) is 20.3. The predicted octanol–water partition coefficient (Wildman–Crippen LogP) is 1.87. The molecule has 0 spiro atoms. The SMILES string of the molecule is Cc1nnc(-c2ccc(CNC(=O)CCOCCOCCOCCOCCOCCOCCNC(=O)OC(C)(C)C)cc2)nn1. The van der Waals surface area contributed by atoms with E-state index < -0.39 is 11.7 Å². The lowest BCUT2D eigenvalue weighted by Crippen LogP contribution is -2.34. The largest absolute Gasteiger partial charge is 0.444 e. The molecule has 15 heteroatoms. The molecule has 2 amide bonds. The molecule has 0 saturated carbocycles. The zero-order valence-corrected chi connectivity index (χ0v) is 26.9. The van der Waals surface area contributed by atoms with Gasteiger partial charge in [-0.25, -0.2) is 4.79 Å². The molecule has 2 aromatic rings. The van der Waals surface area contributed by atoms with E-state index in [1.807, 2.05) is 45.0 Å². The number of carbonyl (C=O) groups is 2. The molecule has 2 N–H and O–H groups in total. The van der Waals surface area contributed by atoms with Crippen molar-refractivity contribution in [3.05, 3.63) is 35.7 Å². The molecule has 0 aliphatic heterocycles. The number of aryl methyl sites for hydroxylation is 1. The molecule has 1 heterocycles. The number of rotatable bonds is 24. The molecule has 0 bridgehead atoms. The lowest BCUT2D eigenvalue weighted by Gasteiger charge is -2.19. The number of nitrogens with zero attached hydrogens (tertiary/aromatic N) is 4. The van der Waals surface area contributed by atoms with E-state index in [9.17, 15) is 9.59 Å². The fraction of sp³-hybridized carbons (Fsp3) is 0.667. The maximum atomic E-state index is 12.1. The van der Waals surface area contributed by atoms with Crippen LogP contribution in [0.25, 0.3) is 11.4 Å². The monoisotopic (exact) mass is 636 g/mol. The van der Waals surface area contributed by atoms with Gasteiger partial charge in [0, 0.05) is 25.1 Å². The van der Waals surface area contributed by atoms with Gasteiger partial charge in [0.15, 0.2) is 5.82 Å². The standard InChI is InChI=1S/C30H48N6O9/c1-24-33-35-28(36-34-24)26-7-5-25(6-8-26)23-32-27(37)9-11-39-13-15-41-17-19-43-21-22-44-20-18-42-16-14-40-12-10-31-29(38)45-30(2,3)4/h5-8H,9-23H2,1-4H3,(H,31,38)(H,32,37). The summed E-state index contributed by atoms with van der Waals surface area (Å²) >= 11 is 0. The van der Waals surface area contributed by atoms with Crippen LogP contribution in [0.5, 0.6) is 0 Å². The average molecular weight is 637 g/mol. The fourth-order valence-corrected chi connectivity index (χ4v) is 3.36. The van der Waals surface area contributed by atoms with E-state index in [0.717, 1.165) is 11.1 Å². The Hall–Kier alpha value is -3.34. The highest BCUT2D eigenvalue weighted by molar-refractivity contribution is 5.76. The van der Waals surface area contributed by atoms with Gasteiger partial charge in [0.25, 0.3) is 0 Å². The number of aromatic nitrogens is 4. The first-order valence-electron chi connectivity index (χ1n) is 15.1. The van der Waals surface area contributed by atoms with Crippen LogP contribution in [-0.4, -0.2) is 124 Å². The average Bonchev–Trinajstić information content (AvgIpc) is 3.00. The van der Waals surface area contributed by atoms with E-state index >= 15 is 0 Å². The molecule has 0 radical (unpaired) electrons. The number of alkyl carbamates (subject to hydrolysis) is 1. The van der Waals surface area contributed by atoms with Gasteiger partial charge in [-0.2, -0.15) is 0 Å². The molecule has 2 rings (SSSR count). The molecule has 252 valence electrons. The summed E-state index contributed by atoms with van der Waals surface area (Å²) in [5, 5.41) is 21.4. The molecule has 0 aliphatic rings. The van der Waals surface area contributed by atoms with Crippen molar-refractivity contribution in [1.82, 2.24) is 31.0 Å². The Morgan fingerprint density at radius 3 is 1.60 bits per heavy atom. The second-order valence-corrected chi connectivity index (χ2v) is 10.6. The molecule has 0 atom stereocenters. The lowest BCUT2D eigenvalue weighted by molar-refractivity contribution is -0.122. The van der Waals surface area contributed by atoms with Crippen molar-refractivity contribution in [3.8, 4) is 11.4 Å². The number of ether oxygens (including phenoxy) is 7. The first-order chi connectivity index (χ1) is 21.7. The Morgan fingerprint density at radius 2 is 1.11 bits per heavy atom. The van der Waals surface area contributed by atoms with Crippen LogP contribution in [0.3, 0.4) is 0 Å². The van der Waals surface area contributed by atoms with Gasteiger partial charge in [-0.15, -0.1) is 20.4 Å². The molecule has 45 heavy (non-hydrogen) atoms. The third-order valence-electron chi connectivity index (χ3n) is 5.53. The molecular formula is C30H48N6O9. The van der Waals surface area contributed by atoms with Gasteiger partial charge in [0.05, 0.1) is 79.3 Å². The summed E-state index contributed by atoms with van der Waals surface area (Å²) in [7, 11) is 0. The molecule has 15 nitrogen and oxygen atoms in total. The molecule has 0 unspecified atom stereocenters. The van der Waals surface area contributed by atoms with Gasteiger partial charge in [-0.3, -0.25) is 4.79 Å². The number of hydrogen-bond donors (Lipinski definition) is 2. The summed E-state index contributed by atoms with van der Waals surface area (Å²) in [6, 6.07) is 7.54. The number of carbonyl (C=O) groups excluding carboxylic acids is 2. The first kappa shape index (κ1) is 37.8. The molecule has 1 aromatic heterocycles. The predicted molar refractivity (Wildman–Crippen MR) is 163 cm³/mol. The van der Waals surface area contributed by atoms with Crippen LogP contribution < -0.4 is 10.6 Å². The van der Waals surface area contributed by atoms with Crippen LogP contribution >= 0.6 is 0 Å². The summed E-state index contributed by atoms with van der Waals surface area (Å²) in [5.41, 5.74) is 1.25. The summed E-state index contributed by atoms with van der Waals surface area (Å²) in [4.78, 5) is 23.6. The van der Waals surface area contributed by atoms with Gasteiger partial charge < -0.3 is 43.8 Å². The van der Waals surface area contributed by atoms with Crippen molar-refractivity contribution in [1.29, 1.82) is 0 Å². The smallest absolute Gasteiger partial charge is 0.407 e. The maximum Gasteiger partial charge on any atom is 0.407 e. The summed E-state index contributed by atoms with van der Waals surface area (Å²) in [6.45, 7) is 13.1. The minimum atomic E-state index is -0.517. The van der Waals surface area contributed by atoms with Gasteiger partial charge in [0.2, 0.25) is 11.7 Å². The van der Waals surface area contributed by atoms with Gasteiger partial charge >= 0.3 is 6.09 Å². The van der Waals surface area contributed by atoms with Crippen molar-refractivity contribution >= 4 is 12.0 Å². The summed E-state index contributed by atoms with van der Waals surface area (Å²) < 4.78 is 37.8. The van der Waals surface area contributed by atoms with Crippen molar-refractivity contribution in [2.45, 2.75) is 46.3 Å². The van der Waals surface area contributed by atoms with Crippen LogP contribution in [0.2, 0.25) is 0 Å². The molecule has 0 saturated heterocycles. The second kappa shape index (κ2) is 23.1. The Morgan fingerprint density at radius 1 is 0.644 bits per heavy atom. The number of amides is 2. The lowest BCUT2D eigenvalue weighted by atomic mass is 10.1. The van der Waals surface area contributed by atoms with E-state index in [4.69, 9.17) is 33.2 Å². The summed E-state index contributed by atoms with van der Waals surface area (Å²) in [5.74, 6) is 0.881. The van der Waals surface area contributed by atoms with E-state index in [-0.39, 0.29) is 12.3 Å². The van der Waals surface area contributed by atoms with Gasteiger partial charge in [0.1, 0.15) is 5.60 Å². The van der Waals surface area contributed by atoms with E-state index in [1.54, 1.807) is 6.92 Å². The normalized spacial score (nSPS) is 11.4. The topological polar surface area (TPSA) is 174 Å². The van der Waals surface area contributed by atoms with Crippen LogP contribution in [0.15, 0.2) is 24.3 Å². The molecule has 0 aliphatic carbocycles. The Kier molecular flexibility index (Phi) is 19.4. The molecule has 1 aromatic carbocycles. The van der Waals surface area contributed by atoms with E-state index in [2.05, 4.69) is 31.0 Å². The van der Waals surface area contributed by atoms with Crippen LogP contribution in [0.4, 0.5) is 4.79 Å². The van der Waals surface area contributed by atoms with Crippen LogP contribution in [0.1, 0.15) is 38.6 Å². The Labute approximate surface area is 265 Å². The quantitative estimate of drug-likeness (QED) is 0.160. The molecule has 0 fully saturated rings. The van der Waals surface area contributed by atoms with Crippen molar-refractivity contribution in [2.75, 3.05) is 85.8 Å². The zero-order chi connectivity index (χ0) is 32.6. The number of hydrogen-bond acceptors (Lipinski definition) is 13. The highest BCUT2D eigenvalue weighted by Crippen LogP contribution is 2.14. The van der Waals surface area contributed by atoms with E-state index in [0.29, 0.717) is 104 Å². The third-order valence-corrected chi connectivity index (χ3v) is 5.53. The van der Waals surface area contributed by atoms with Crippen molar-refractivity contribution < 1.29 is 42.7 Å².